The van der Waals surface area contributed by atoms with Gasteiger partial charge in [0.15, 0.2) is 0 Å². The van der Waals surface area contributed by atoms with E-state index in [4.69, 9.17) is 4.74 Å². The van der Waals surface area contributed by atoms with E-state index in [0.29, 0.717) is 32.5 Å². The maximum absolute atomic E-state index is 12.4. The number of hydrogen-bond acceptors (Lipinski definition) is 4. The summed E-state index contributed by atoms with van der Waals surface area (Å²) < 4.78 is 32.8. The standard InChI is InChI=1S/C20H27N3O4S/c1-22(2)28(25,26)23-12-5-8-18(15-23)20(24)21-11-13-27-19-10-9-16-6-3-4-7-17(16)14-19/h3-4,6-7,9-10,14,18H,5,8,11-13,15H2,1-2H3,(H,21,24). The first-order valence-corrected chi connectivity index (χ1v) is 10.8. The van der Waals surface area contributed by atoms with E-state index in [1.807, 2.05) is 42.5 Å². The van der Waals surface area contributed by atoms with Crippen LogP contribution in [0, 0.1) is 5.92 Å². The molecule has 0 spiro atoms. The lowest BCUT2D eigenvalue weighted by Crippen LogP contribution is -2.49. The van der Waals surface area contributed by atoms with Crippen molar-refractivity contribution in [3.63, 3.8) is 0 Å². The first-order chi connectivity index (χ1) is 13.4. The summed E-state index contributed by atoms with van der Waals surface area (Å²) in [5.41, 5.74) is 0. The third kappa shape index (κ3) is 4.81. The number of amides is 1. The van der Waals surface area contributed by atoms with Crippen molar-refractivity contribution in [3.8, 4) is 5.75 Å². The van der Waals surface area contributed by atoms with Gasteiger partial charge < -0.3 is 10.1 Å². The van der Waals surface area contributed by atoms with Gasteiger partial charge in [0.1, 0.15) is 12.4 Å². The zero-order valence-corrected chi connectivity index (χ0v) is 17.1. The van der Waals surface area contributed by atoms with Crippen molar-refractivity contribution in [2.75, 3.05) is 40.3 Å². The van der Waals surface area contributed by atoms with Crippen molar-refractivity contribution in [2.24, 2.45) is 5.92 Å². The molecule has 2 aromatic rings. The van der Waals surface area contributed by atoms with E-state index in [2.05, 4.69) is 5.32 Å². The van der Waals surface area contributed by atoms with Crippen LogP contribution < -0.4 is 10.1 Å². The van der Waals surface area contributed by atoms with Gasteiger partial charge in [0.25, 0.3) is 10.2 Å². The molecule has 0 radical (unpaired) electrons. The van der Waals surface area contributed by atoms with Gasteiger partial charge >= 0.3 is 0 Å². The number of hydrogen-bond donors (Lipinski definition) is 1. The number of piperidine rings is 1. The molecule has 0 aromatic heterocycles. The maximum atomic E-state index is 12.4. The Morgan fingerprint density at radius 3 is 2.71 bits per heavy atom. The van der Waals surface area contributed by atoms with Crippen LogP contribution in [0.5, 0.6) is 5.75 Å². The monoisotopic (exact) mass is 405 g/mol. The fourth-order valence-electron chi connectivity index (χ4n) is 3.34. The second-order valence-corrected chi connectivity index (χ2v) is 9.28. The van der Waals surface area contributed by atoms with Gasteiger partial charge in [0, 0.05) is 27.2 Å². The number of nitrogens with one attached hydrogen (secondary N) is 1. The molecule has 0 saturated carbocycles. The molecule has 8 heteroatoms. The average Bonchev–Trinajstić information content (AvgIpc) is 2.71. The molecule has 1 unspecified atom stereocenters. The molecule has 2 aromatic carbocycles. The second kappa shape index (κ2) is 8.89. The van der Waals surface area contributed by atoms with Gasteiger partial charge in [-0.1, -0.05) is 30.3 Å². The van der Waals surface area contributed by atoms with E-state index in [0.717, 1.165) is 16.5 Å². The molecular weight excluding hydrogens is 378 g/mol. The lowest BCUT2D eigenvalue weighted by atomic mass is 9.99. The van der Waals surface area contributed by atoms with E-state index in [-0.39, 0.29) is 18.4 Å². The number of carbonyl (C=O) groups is 1. The number of carbonyl (C=O) groups excluding carboxylic acids is 1. The van der Waals surface area contributed by atoms with Crippen molar-refractivity contribution in [1.82, 2.24) is 13.9 Å². The van der Waals surface area contributed by atoms with Gasteiger partial charge in [0.05, 0.1) is 12.5 Å². The smallest absolute Gasteiger partial charge is 0.281 e. The first kappa shape index (κ1) is 20.6. The van der Waals surface area contributed by atoms with Gasteiger partial charge in [0.2, 0.25) is 5.91 Å². The van der Waals surface area contributed by atoms with Crippen LogP contribution in [0.15, 0.2) is 42.5 Å². The quantitative estimate of drug-likeness (QED) is 0.713. The van der Waals surface area contributed by atoms with Crippen LogP contribution in [0.1, 0.15) is 12.8 Å². The minimum Gasteiger partial charge on any atom is -0.492 e. The lowest BCUT2D eigenvalue weighted by Gasteiger charge is -2.32. The molecule has 1 amide bonds. The third-order valence-corrected chi connectivity index (χ3v) is 6.84. The van der Waals surface area contributed by atoms with Crippen molar-refractivity contribution >= 4 is 26.9 Å². The van der Waals surface area contributed by atoms with Crippen molar-refractivity contribution in [1.29, 1.82) is 0 Å². The van der Waals surface area contributed by atoms with Crippen LogP contribution in [0.3, 0.4) is 0 Å². The largest absolute Gasteiger partial charge is 0.492 e. The Labute approximate surface area is 166 Å². The number of benzene rings is 2. The van der Waals surface area contributed by atoms with Crippen LogP contribution >= 0.6 is 0 Å². The summed E-state index contributed by atoms with van der Waals surface area (Å²) in [6.07, 6.45) is 1.37. The summed E-state index contributed by atoms with van der Waals surface area (Å²) in [5, 5.41) is 5.12. The Kier molecular flexibility index (Phi) is 6.53. The molecule has 3 rings (SSSR count). The normalized spacial score (nSPS) is 18.3. The maximum Gasteiger partial charge on any atom is 0.281 e. The molecule has 7 nitrogen and oxygen atoms in total. The Hall–Kier alpha value is -2.16. The molecule has 1 heterocycles. The molecule has 1 atom stereocenters. The van der Waals surface area contributed by atoms with E-state index < -0.39 is 10.2 Å². The molecule has 1 N–H and O–H groups in total. The van der Waals surface area contributed by atoms with Gasteiger partial charge in [-0.15, -0.1) is 0 Å². The van der Waals surface area contributed by atoms with Gasteiger partial charge in [-0.3, -0.25) is 4.79 Å². The molecule has 1 saturated heterocycles. The summed E-state index contributed by atoms with van der Waals surface area (Å²) in [6.45, 7) is 1.41. The topological polar surface area (TPSA) is 79.0 Å². The molecule has 28 heavy (non-hydrogen) atoms. The van der Waals surface area contributed by atoms with Crippen molar-refractivity contribution in [3.05, 3.63) is 42.5 Å². The van der Waals surface area contributed by atoms with Gasteiger partial charge in [-0.2, -0.15) is 17.0 Å². The average molecular weight is 406 g/mol. The zero-order chi connectivity index (χ0) is 20.1. The minimum absolute atomic E-state index is 0.124. The van der Waals surface area contributed by atoms with E-state index in [9.17, 15) is 13.2 Å². The summed E-state index contributed by atoms with van der Waals surface area (Å²) in [7, 11) is -0.477. The predicted octanol–water partition coefficient (Wildman–Crippen LogP) is 1.85. The highest BCUT2D eigenvalue weighted by Crippen LogP contribution is 2.21. The molecule has 152 valence electrons. The molecule has 0 bridgehead atoms. The predicted molar refractivity (Wildman–Crippen MR) is 109 cm³/mol. The van der Waals surface area contributed by atoms with Crippen LogP contribution in [-0.4, -0.2) is 63.3 Å². The Morgan fingerprint density at radius 2 is 1.96 bits per heavy atom. The molecule has 1 aliphatic rings. The molecule has 0 aliphatic carbocycles. The minimum atomic E-state index is -3.48. The van der Waals surface area contributed by atoms with E-state index in [1.165, 1.54) is 22.7 Å². The fraction of sp³-hybridized carbons (Fsp3) is 0.450. The van der Waals surface area contributed by atoms with Crippen molar-refractivity contribution in [2.45, 2.75) is 12.8 Å². The van der Waals surface area contributed by atoms with E-state index in [1.54, 1.807) is 0 Å². The lowest BCUT2D eigenvalue weighted by molar-refractivity contribution is -0.126. The summed E-state index contributed by atoms with van der Waals surface area (Å²) in [5.74, 6) is 0.304. The van der Waals surface area contributed by atoms with Crippen LogP contribution in [0.4, 0.5) is 0 Å². The molecule has 1 aliphatic heterocycles. The SMILES string of the molecule is CN(C)S(=O)(=O)N1CCCC(C(=O)NCCOc2ccc3ccccc3c2)C1. The van der Waals surface area contributed by atoms with Gasteiger partial charge in [-0.05, 0) is 35.7 Å². The van der Waals surface area contributed by atoms with E-state index >= 15 is 0 Å². The van der Waals surface area contributed by atoms with Crippen LogP contribution in [0.25, 0.3) is 10.8 Å². The molecular formula is C20H27N3O4S. The highest BCUT2D eigenvalue weighted by Gasteiger charge is 2.33. The Bertz CT molecular complexity index is 930. The highest BCUT2D eigenvalue weighted by atomic mass is 32.2. The number of fused-ring (bicyclic) bond motifs is 1. The summed E-state index contributed by atoms with van der Waals surface area (Å²) >= 11 is 0. The van der Waals surface area contributed by atoms with Crippen molar-refractivity contribution < 1.29 is 17.9 Å². The molecule has 1 fully saturated rings. The third-order valence-electron chi connectivity index (χ3n) is 4.93. The number of rotatable bonds is 7. The zero-order valence-electron chi connectivity index (χ0n) is 16.3. The number of ether oxygens (including phenoxy) is 1. The van der Waals surface area contributed by atoms with Gasteiger partial charge in [-0.25, -0.2) is 0 Å². The fourth-order valence-corrected chi connectivity index (χ4v) is 4.53. The Balaban J connectivity index is 1.47. The summed E-state index contributed by atoms with van der Waals surface area (Å²) in [6, 6.07) is 13.9. The van der Waals surface area contributed by atoms with Crippen LogP contribution in [0.2, 0.25) is 0 Å². The highest BCUT2D eigenvalue weighted by molar-refractivity contribution is 7.86. The summed E-state index contributed by atoms with van der Waals surface area (Å²) in [4.78, 5) is 12.4. The Morgan fingerprint density at radius 1 is 1.21 bits per heavy atom. The van der Waals surface area contributed by atoms with Crippen LogP contribution in [-0.2, 0) is 15.0 Å². The number of nitrogens with zero attached hydrogens (tertiary/aromatic N) is 2. The second-order valence-electron chi connectivity index (χ2n) is 7.14. The first-order valence-electron chi connectivity index (χ1n) is 9.45.